The van der Waals surface area contributed by atoms with Crippen molar-refractivity contribution in [3.63, 3.8) is 0 Å². The SMILES string of the molecule is N[C@H]1C[C@H](OCc2cc(F)c(F)c(F)c2)C1. The van der Waals surface area contributed by atoms with E-state index in [4.69, 9.17) is 10.5 Å². The highest BCUT2D eigenvalue weighted by atomic mass is 19.2. The Balaban J connectivity index is 1.94. The quantitative estimate of drug-likeness (QED) is 0.808. The summed E-state index contributed by atoms with van der Waals surface area (Å²) in [6.45, 7) is 0.0749. The highest BCUT2D eigenvalue weighted by molar-refractivity contribution is 5.18. The number of halogens is 3. The van der Waals surface area contributed by atoms with E-state index in [1.807, 2.05) is 0 Å². The van der Waals surface area contributed by atoms with Crippen molar-refractivity contribution in [2.24, 2.45) is 5.73 Å². The van der Waals surface area contributed by atoms with Crippen LogP contribution < -0.4 is 5.73 Å². The topological polar surface area (TPSA) is 35.2 Å². The van der Waals surface area contributed by atoms with Gasteiger partial charge in [-0.3, -0.25) is 0 Å². The molecule has 0 unspecified atom stereocenters. The van der Waals surface area contributed by atoms with E-state index in [1.54, 1.807) is 0 Å². The zero-order chi connectivity index (χ0) is 11.7. The van der Waals surface area contributed by atoms with Crippen LogP contribution in [0.2, 0.25) is 0 Å². The summed E-state index contributed by atoms with van der Waals surface area (Å²) in [7, 11) is 0. The lowest BCUT2D eigenvalue weighted by Gasteiger charge is -2.32. The summed E-state index contributed by atoms with van der Waals surface area (Å²) in [4.78, 5) is 0. The molecule has 88 valence electrons. The van der Waals surface area contributed by atoms with Crippen LogP contribution in [0, 0.1) is 17.5 Å². The molecule has 1 aromatic rings. The monoisotopic (exact) mass is 231 g/mol. The molecular formula is C11H12F3NO. The lowest BCUT2D eigenvalue weighted by atomic mass is 9.90. The van der Waals surface area contributed by atoms with Gasteiger partial charge in [-0.25, -0.2) is 13.2 Å². The third-order valence-electron chi connectivity index (χ3n) is 2.66. The van der Waals surface area contributed by atoms with Gasteiger partial charge in [-0.15, -0.1) is 0 Å². The summed E-state index contributed by atoms with van der Waals surface area (Å²) in [5.41, 5.74) is 5.85. The fourth-order valence-electron chi connectivity index (χ4n) is 1.65. The van der Waals surface area contributed by atoms with Crippen molar-refractivity contribution in [2.45, 2.75) is 31.6 Å². The maximum absolute atomic E-state index is 12.8. The summed E-state index contributed by atoms with van der Waals surface area (Å²) >= 11 is 0. The van der Waals surface area contributed by atoms with Gasteiger partial charge in [0.25, 0.3) is 0 Å². The van der Waals surface area contributed by atoms with Gasteiger partial charge >= 0.3 is 0 Å². The first-order valence-corrected chi connectivity index (χ1v) is 5.07. The molecule has 0 aromatic heterocycles. The Labute approximate surface area is 91.2 Å². The maximum atomic E-state index is 12.8. The van der Waals surface area contributed by atoms with Crippen LogP contribution in [0.3, 0.4) is 0 Å². The lowest BCUT2D eigenvalue weighted by Crippen LogP contribution is -2.41. The number of ether oxygens (including phenoxy) is 1. The largest absolute Gasteiger partial charge is 0.373 e. The molecule has 0 radical (unpaired) electrons. The predicted molar refractivity (Wildman–Crippen MR) is 52.1 cm³/mol. The molecule has 1 aromatic carbocycles. The van der Waals surface area contributed by atoms with E-state index in [1.165, 1.54) is 0 Å². The first-order chi connectivity index (χ1) is 7.56. The third kappa shape index (κ3) is 2.36. The predicted octanol–water partition coefficient (Wildman–Crippen LogP) is 2.11. The Hall–Kier alpha value is -1.07. The molecular weight excluding hydrogens is 219 g/mol. The van der Waals surface area contributed by atoms with Crippen molar-refractivity contribution in [3.8, 4) is 0 Å². The van der Waals surface area contributed by atoms with E-state index in [-0.39, 0.29) is 24.3 Å². The van der Waals surface area contributed by atoms with Gasteiger partial charge in [0.05, 0.1) is 12.7 Å². The van der Waals surface area contributed by atoms with Crippen molar-refractivity contribution in [2.75, 3.05) is 0 Å². The molecule has 1 fully saturated rings. The van der Waals surface area contributed by atoms with Crippen molar-refractivity contribution >= 4 is 0 Å². The molecule has 0 heterocycles. The maximum Gasteiger partial charge on any atom is 0.194 e. The van der Waals surface area contributed by atoms with Gasteiger partial charge in [-0.05, 0) is 30.5 Å². The van der Waals surface area contributed by atoms with Crippen molar-refractivity contribution in [1.29, 1.82) is 0 Å². The molecule has 2 rings (SSSR count). The number of hydrogen-bond donors (Lipinski definition) is 1. The number of rotatable bonds is 3. The van der Waals surface area contributed by atoms with Crippen molar-refractivity contribution < 1.29 is 17.9 Å². The summed E-state index contributed by atoms with van der Waals surface area (Å²) < 4.78 is 43.6. The smallest absolute Gasteiger partial charge is 0.194 e. The average molecular weight is 231 g/mol. The van der Waals surface area contributed by atoms with Crippen LogP contribution in [-0.4, -0.2) is 12.1 Å². The first kappa shape index (κ1) is 11.4. The van der Waals surface area contributed by atoms with E-state index in [9.17, 15) is 13.2 Å². The molecule has 1 aliphatic carbocycles. The number of nitrogens with two attached hydrogens (primary N) is 1. The summed E-state index contributed by atoms with van der Waals surface area (Å²) in [6, 6.07) is 2.04. The Morgan fingerprint density at radius 3 is 2.25 bits per heavy atom. The Bertz CT molecular complexity index is 368. The molecule has 16 heavy (non-hydrogen) atoms. The molecule has 2 nitrogen and oxygen atoms in total. The van der Waals surface area contributed by atoms with E-state index in [0.29, 0.717) is 0 Å². The number of hydrogen-bond acceptors (Lipinski definition) is 2. The fourth-order valence-corrected chi connectivity index (χ4v) is 1.65. The van der Waals surface area contributed by atoms with Crippen LogP contribution in [0.1, 0.15) is 18.4 Å². The standard InChI is InChI=1S/C11H12F3NO/c12-9-1-6(2-10(13)11(9)14)5-16-8-3-7(15)4-8/h1-2,7-8H,3-5,15H2/t7-,8-. The van der Waals surface area contributed by atoms with Gasteiger partial charge in [-0.1, -0.05) is 0 Å². The lowest BCUT2D eigenvalue weighted by molar-refractivity contribution is -0.0190. The minimum absolute atomic E-state index is 0.0474. The van der Waals surface area contributed by atoms with Gasteiger partial charge in [0.15, 0.2) is 17.5 Å². The molecule has 1 saturated carbocycles. The van der Waals surface area contributed by atoms with Crippen LogP contribution in [0.25, 0.3) is 0 Å². The second kappa shape index (κ2) is 4.43. The van der Waals surface area contributed by atoms with E-state index < -0.39 is 17.5 Å². The molecule has 0 bridgehead atoms. The van der Waals surface area contributed by atoms with E-state index >= 15 is 0 Å². The summed E-state index contributed by atoms with van der Waals surface area (Å²) in [6.07, 6.45) is 1.56. The summed E-state index contributed by atoms with van der Waals surface area (Å²) in [5.74, 6) is -3.83. The van der Waals surface area contributed by atoms with Crippen LogP contribution in [0.5, 0.6) is 0 Å². The highest BCUT2D eigenvalue weighted by Crippen LogP contribution is 2.23. The number of benzene rings is 1. The Morgan fingerprint density at radius 1 is 1.19 bits per heavy atom. The fraction of sp³-hybridized carbons (Fsp3) is 0.455. The van der Waals surface area contributed by atoms with Gasteiger partial charge in [0.1, 0.15) is 0 Å². The van der Waals surface area contributed by atoms with Crippen LogP contribution in [-0.2, 0) is 11.3 Å². The van der Waals surface area contributed by atoms with Gasteiger partial charge in [0.2, 0.25) is 0 Å². The van der Waals surface area contributed by atoms with Gasteiger partial charge in [-0.2, -0.15) is 0 Å². The third-order valence-corrected chi connectivity index (χ3v) is 2.66. The molecule has 5 heteroatoms. The molecule has 2 N–H and O–H groups in total. The zero-order valence-electron chi connectivity index (χ0n) is 8.55. The Morgan fingerprint density at radius 2 is 1.75 bits per heavy atom. The zero-order valence-corrected chi connectivity index (χ0v) is 8.55. The minimum Gasteiger partial charge on any atom is -0.373 e. The second-order valence-corrected chi connectivity index (χ2v) is 4.04. The molecule has 0 atom stereocenters. The second-order valence-electron chi connectivity index (χ2n) is 4.04. The molecule has 0 aliphatic heterocycles. The molecule has 0 spiro atoms. The van der Waals surface area contributed by atoms with E-state index in [2.05, 4.69) is 0 Å². The molecule has 1 aliphatic rings. The van der Waals surface area contributed by atoms with E-state index in [0.717, 1.165) is 25.0 Å². The van der Waals surface area contributed by atoms with Crippen LogP contribution in [0.4, 0.5) is 13.2 Å². The van der Waals surface area contributed by atoms with Crippen molar-refractivity contribution in [3.05, 3.63) is 35.1 Å². The van der Waals surface area contributed by atoms with Gasteiger partial charge in [0, 0.05) is 6.04 Å². The van der Waals surface area contributed by atoms with Gasteiger partial charge < -0.3 is 10.5 Å². The molecule has 0 amide bonds. The first-order valence-electron chi connectivity index (χ1n) is 5.07. The van der Waals surface area contributed by atoms with Crippen molar-refractivity contribution in [1.82, 2.24) is 0 Å². The highest BCUT2D eigenvalue weighted by Gasteiger charge is 2.26. The Kier molecular flexibility index (Phi) is 3.16. The normalized spacial score (nSPS) is 24.2. The average Bonchev–Trinajstić information content (AvgIpc) is 2.19. The minimum atomic E-state index is -1.45. The summed E-state index contributed by atoms with van der Waals surface area (Å²) in [5, 5.41) is 0. The van der Waals surface area contributed by atoms with Crippen LogP contribution >= 0.6 is 0 Å². The molecule has 0 saturated heterocycles. The van der Waals surface area contributed by atoms with Crippen LogP contribution in [0.15, 0.2) is 12.1 Å².